The Morgan fingerprint density at radius 3 is 2.81 bits per heavy atom. The first-order chi connectivity index (χ1) is 12.5. The van der Waals surface area contributed by atoms with Crippen LogP contribution in [0.2, 0.25) is 0 Å². The Balaban J connectivity index is 1.70. The Hall–Kier alpha value is -3.02. The van der Waals surface area contributed by atoms with Crippen LogP contribution in [0.15, 0.2) is 42.5 Å². The molecule has 2 aromatic carbocycles. The molecule has 0 radical (unpaired) electrons. The molecule has 1 aliphatic rings. The Bertz CT molecular complexity index is 834. The third kappa shape index (κ3) is 3.64. The Labute approximate surface area is 152 Å². The van der Waals surface area contributed by atoms with E-state index in [1.54, 1.807) is 18.9 Å². The first-order valence-electron chi connectivity index (χ1n) is 8.51. The maximum absolute atomic E-state index is 12.5. The van der Waals surface area contributed by atoms with Gasteiger partial charge in [0.2, 0.25) is 5.91 Å². The van der Waals surface area contributed by atoms with E-state index in [-0.39, 0.29) is 24.8 Å². The lowest BCUT2D eigenvalue weighted by Gasteiger charge is -2.32. The van der Waals surface area contributed by atoms with Crippen LogP contribution in [0.3, 0.4) is 0 Å². The van der Waals surface area contributed by atoms with Gasteiger partial charge >= 0.3 is 0 Å². The molecule has 0 saturated carbocycles. The summed E-state index contributed by atoms with van der Waals surface area (Å²) in [4.78, 5) is 26.5. The summed E-state index contributed by atoms with van der Waals surface area (Å²) in [7, 11) is 1.56. The molecular weight excluding hydrogens is 332 g/mol. The molecule has 6 heteroatoms. The van der Waals surface area contributed by atoms with Gasteiger partial charge < -0.3 is 19.7 Å². The van der Waals surface area contributed by atoms with Gasteiger partial charge in [0.25, 0.3) is 5.91 Å². The predicted octanol–water partition coefficient (Wildman–Crippen LogP) is 3.15. The van der Waals surface area contributed by atoms with Gasteiger partial charge in [0.1, 0.15) is 11.5 Å². The van der Waals surface area contributed by atoms with E-state index in [9.17, 15) is 9.59 Å². The van der Waals surface area contributed by atoms with Crippen molar-refractivity contribution in [3.8, 4) is 11.5 Å². The number of carbonyl (C=O) groups is 2. The van der Waals surface area contributed by atoms with Gasteiger partial charge in [0.15, 0.2) is 6.10 Å². The average Bonchev–Trinajstić information content (AvgIpc) is 2.62. The third-order valence-electron chi connectivity index (χ3n) is 4.27. The zero-order valence-corrected chi connectivity index (χ0v) is 15.1. The van der Waals surface area contributed by atoms with E-state index < -0.39 is 6.10 Å². The Morgan fingerprint density at radius 1 is 1.27 bits per heavy atom. The minimum Gasteiger partial charge on any atom is -0.495 e. The number of ether oxygens (including phenoxy) is 2. The summed E-state index contributed by atoms with van der Waals surface area (Å²) in [5, 5.41) is 2.86. The summed E-state index contributed by atoms with van der Waals surface area (Å²) in [6.07, 6.45) is -0.394. The highest BCUT2D eigenvalue weighted by molar-refractivity contribution is 6.01. The summed E-state index contributed by atoms with van der Waals surface area (Å²) in [6.45, 7) is 3.94. The molecular formula is C20H22N2O4. The van der Waals surface area contributed by atoms with Gasteiger partial charge in [0, 0.05) is 13.0 Å². The van der Waals surface area contributed by atoms with Crippen molar-refractivity contribution in [3.05, 3.63) is 48.0 Å². The van der Waals surface area contributed by atoms with Crippen molar-refractivity contribution < 1.29 is 19.1 Å². The minimum atomic E-state index is -0.565. The van der Waals surface area contributed by atoms with Crippen LogP contribution in [0.1, 0.15) is 18.9 Å². The van der Waals surface area contributed by atoms with Crippen molar-refractivity contribution in [1.82, 2.24) is 0 Å². The number of methoxy groups -OCH3 is 1. The van der Waals surface area contributed by atoms with Crippen molar-refractivity contribution in [3.63, 3.8) is 0 Å². The number of nitrogens with zero attached hydrogens (tertiary/aromatic N) is 1. The van der Waals surface area contributed by atoms with Crippen LogP contribution >= 0.6 is 0 Å². The quantitative estimate of drug-likeness (QED) is 0.896. The van der Waals surface area contributed by atoms with Gasteiger partial charge in [0.05, 0.1) is 18.5 Å². The summed E-state index contributed by atoms with van der Waals surface area (Å²) in [5.74, 6) is 0.925. The van der Waals surface area contributed by atoms with Crippen molar-refractivity contribution in [1.29, 1.82) is 0 Å². The summed E-state index contributed by atoms with van der Waals surface area (Å²) >= 11 is 0. The molecule has 1 heterocycles. The SMILES string of the molecule is COc1ccc(C)cc1NC(=O)CCN1C(=O)[C@H](C)Oc2ccccc21. The molecule has 0 aromatic heterocycles. The molecule has 3 rings (SSSR count). The second-order valence-electron chi connectivity index (χ2n) is 6.22. The van der Waals surface area contributed by atoms with Crippen LogP contribution in [0.5, 0.6) is 11.5 Å². The van der Waals surface area contributed by atoms with Gasteiger partial charge in [-0.1, -0.05) is 18.2 Å². The lowest BCUT2D eigenvalue weighted by molar-refractivity contribution is -0.125. The van der Waals surface area contributed by atoms with Crippen LogP contribution in [-0.2, 0) is 9.59 Å². The number of rotatable bonds is 5. The normalized spacial score (nSPS) is 15.9. The van der Waals surface area contributed by atoms with E-state index in [1.807, 2.05) is 49.4 Å². The molecule has 2 amide bonds. The summed E-state index contributed by atoms with van der Waals surface area (Å²) in [6, 6.07) is 12.9. The minimum absolute atomic E-state index is 0.148. The van der Waals surface area contributed by atoms with E-state index in [1.165, 1.54) is 0 Å². The number of anilines is 2. The number of hydrogen-bond acceptors (Lipinski definition) is 4. The maximum Gasteiger partial charge on any atom is 0.267 e. The van der Waals surface area contributed by atoms with E-state index >= 15 is 0 Å². The number of nitrogens with one attached hydrogen (secondary N) is 1. The first kappa shape index (κ1) is 17.8. The van der Waals surface area contributed by atoms with Gasteiger partial charge in [-0.15, -0.1) is 0 Å². The fraction of sp³-hybridized carbons (Fsp3) is 0.300. The summed E-state index contributed by atoms with van der Waals surface area (Å²) in [5.41, 5.74) is 2.34. The van der Waals surface area contributed by atoms with E-state index in [2.05, 4.69) is 5.32 Å². The highest BCUT2D eigenvalue weighted by atomic mass is 16.5. The molecule has 0 aliphatic carbocycles. The number of carbonyl (C=O) groups excluding carboxylic acids is 2. The highest BCUT2D eigenvalue weighted by Crippen LogP contribution is 2.33. The van der Waals surface area contributed by atoms with Crippen LogP contribution in [-0.4, -0.2) is 31.6 Å². The highest BCUT2D eigenvalue weighted by Gasteiger charge is 2.31. The van der Waals surface area contributed by atoms with Crippen LogP contribution in [0.25, 0.3) is 0 Å². The second kappa shape index (κ2) is 7.47. The zero-order chi connectivity index (χ0) is 18.7. The molecule has 0 fully saturated rings. The molecule has 136 valence electrons. The molecule has 0 unspecified atom stereocenters. The van der Waals surface area contributed by atoms with Gasteiger partial charge in [-0.3, -0.25) is 9.59 Å². The average molecular weight is 354 g/mol. The van der Waals surface area contributed by atoms with Crippen LogP contribution in [0, 0.1) is 6.92 Å². The number of hydrogen-bond donors (Lipinski definition) is 1. The lowest BCUT2D eigenvalue weighted by atomic mass is 10.1. The fourth-order valence-electron chi connectivity index (χ4n) is 2.94. The van der Waals surface area contributed by atoms with Crippen molar-refractivity contribution in [2.75, 3.05) is 23.9 Å². The summed E-state index contributed by atoms with van der Waals surface area (Å²) < 4.78 is 10.9. The van der Waals surface area contributed by atoms with Crippen LogP contribution < -0.4 is 19.7 Å². The van der Waals surface area contributed by atoms with E-state index in [0.29, 0.717) is 22.9 Å². The maximum atomic E-state index is 12.5. The fourth-order valence-corrected chi connectivity index (χ4v) is 2.94. The van der Waals surface area contributed by atoms with Crippen LogP contribution in [0.4, 0.5) is 11.4 Å². The molecule has 1 atom stereocenters. The van der Waals surface area contributed by atoms with Crippen molar-refractivity contribution >= 4 is 23.2 Å². The van der Waals surface area contributed by atoms with Crippen molar-refractivity contribution in [2.45, 2.75) is 26.4 Å². The van der Waals surface area contributed by atoms with Gasteiger partial charge in [-0.05, 0) is 43.7 Å². The predicted molar refractivity (Wildman–Crippen MR) is 99.9 cm³/mol. The lowest BCUT2D eigenvalue weighted by Crippen LogP contribution is -2.45. The number of para-hydroxylation sites is 2. The van der Waals surface area contributed by atoms with Gasteiger partial charge in [-0.2, -0.15) is 0 Å². The molecule has 26 heavy (non-hydrogen) atoms. The Kier molecular flexibility index (Phi) is 5.11. The molecule has 0 saturated heterocycles. The third-order valence-corrected chi connectivity index (χ3v) is 4.27. The standard InChI is InChI=1S/C20H22N2O4/c1-13-8-9-17(25-3)15(12-13)21-19(23)10-11-22-16-6-4-5-7-18(16)26-14(2)20(22)24/h4-9,12,14H,10-11H2,1-3H3,(H,21,23)/t14-/m0/s1. The first-order valence-corrected chi connectivity index (χ1v) is 8.51. The molecule has 1 aliphatic heterocycles. The number of fused-ring (bicyclic) bond motifs is 1. The van der Waals surface area contributed by atoms with Crippen molar-refractivity contribution in [2.24, 2.45) is 0 Å². The van der Waals surface area contributed by atoms with Gasteiger partial charge in [-0.25, -0.2) is 0 Å². The monoisotopic (exact) mass is 354 g/mol. The van der Waals surface area contributed by atoms with E-state index in [4.69, 9.17) is 9.47 Å². The zero-order valence-electron chi connectivity index (χ0n) is 15.1. The number of benzene rings is 2. The molecule has 6 nitrogen and oxygen atoms in total. The second-order valence-corrected chi connectivity index (χ2v) is 6.22. The molecule has 1 N–H and O–H groups in total. The Morgan fingerprint density at radius 2 is 2.04 bits per heavy atom. The molecule has 0 spiro atoms. The number of aryl methyl sites for hydroxylation is 1. The molecule has 0 bridgehead atoms. The van der Waals surface area contributed by atoms with E-state index in [0.717, 1.165) is 5.56 Å². The smallest absolute Gasteiger partial charge is 0.267 e. The number of amides is 2. The largest absolute Gasteiger partial charge is 0.495 e. The molecule has 2 aromatic rings. The topological polar surface area (TPSA) is 67.9 Å².